The standard InChI is InChI=1S/C16H22F2N2O/c1-12-11-19(2)5-3-6-20(12)7-4-16(21)13-8-14(17)10-15(18)9-13/h8-10,12H,3-7,11H2,1-2H3. The summed E-state index contributed by atoms with van der Waals surface area (Å²) < 4.78 is 26.3. The minimum Gasteiger partial charge on any atom is -0.305 e. The summed E-state index contributed by atoms with van der Waals surface area (Å²) in [6, 6.07) is 3.37. The number of halogens is 2. The molecule has 1 aliphatic heterocycles. The summed E-state index contributed by atoms with van der Waals surface area (Å²) in [6.45, 7) is 5.77. The fourth-order valence-electron chi connectivity index (χ4n) is 2.86. The lowest BCUT2D eigenvalue weighted by molar-refractivity contribution is 0.0952. The molecule has 21 heavy (non-hydrogen) atoms. The van der Waals surface area contributed by atoms with Crippen LogP contribution in [-0.4, -0.2) is 54.9 Å². The average molecular weight is 296 g/mol. The highest BCUT2D eigenvalue weighted by Crippen LogP contribution is 2.13. The Morgan fingerprint density at radius 1 is 1.24 bits per heavy atom. The van der Waals surface area contributed by atoms with Crippen molar-refractivity contribution in [2.24, 2.45) is 0 Å². The van der Waals surface area contributed by atoms with E-state index in [1.807, 2.05) is 0 Å². The molecular weight excluding hydrogens is 274 g/mol. The van der Waals surface area contributed by atoms with Crippen LogP contribution >= 0.6 is 0 Å². The van der Waals surface area contributed by atoms with Crippen molar-refractivity contribution in [3.05, 3.63) is 35.4 Å². The van der Waals surface area contributed by atoms with Crippen molar-refractivity contribution in [3.8, 4) is 0 Å². The van der Waals surface area contributed by atoms with Crippen LogP contribution in [0.3, 0.4) is 0 Å². The van der Waals surface area contributed by atoms with Gasteiger partial charge in [-0.3, -0.25) is 9.69 Å². The molecule has 2 rings (SSSR count). The Labute approximate surface area is 124 Å². The van der Waals surface area contributed by atoms with E-state index in [1.54, 1.807) is 0 Å². The van der Waals surface area contributed by atoms with Crippen LogP contribution in [0.4, 0.5) is 8.78 Å². The van der Waals surface area contributed by atoms with Crippen LogP contribution in [0.1, 0.15) is 30.1 Å². The molecule has 1 aromatic carbocycles. The van der Waals surface area contributed by atoms with Gasteiger partial charge in [0.1, 0.15) is 11.6 Å². The molecular formula is C16H22F2N2O. The lowest BCUT2D eigenvalue weighted by Gasteiger charge is -2.27. The fourth-order valence-corrected chi connectivity index (χ4v) is 2.86. The van der Waals surface area contributed by atoms with Gasteiger partial charge in [-0.15, -0.1) is 0 Å². The van der Waals surface area contributed by atoms with E-state index >= 15 is 0 Å². The molecule has 0 radical (unpaired) electrons. The van der Waals surface area contributed by atoms with Gasteiger partial charge in [-0.2, -0.15) is 0 Å². The molecule has 0 saturated carbocycles. The van der Waals surface area contributed by atoms with Gasteiger partial charge in [0.15, 0.2) is 5.78 Å². The van der Waals surface area contributed by atoms with Gasteiger partial charge < -0.3 is 4.90 Å². The fraction of sp³-hybridized carbons (Fsp3) is 0.562. The molecule has 1 aliphatic rings. The SMILES string of the molecule is CC1CN(C)CCCN1CCC(=O)c1cc(F)cc(F)c1. The summed E-state index contributed by atoms with van der Waals surface area (Å²) in [6.07, 6.45) is 1.36. The molecule has 1 atom stereocenters. The van der Waals surface area contributed by atoms with Gasteiger partial charge in [0.25, 0.3) is 0 Å². The Kier molecular flexibility index (Phi) is 5.42. The van der Waals surface area contributed by atoms with Gasteiger partial charge in [0.2, 0.25) is 0 Å². The number of carbonyl (C=O) groups is 1. The number of rotatable bonds is 4. The second kappa shape index (κ2) is 7.09. The van der Waals surface area contributed by atoms with Crippen LogP contribution in [-0.2, 0) is 0 Å². The predicted molar refractivity (Wildman–Crippen MR) is 78.5 cm³/mol. The number of hydrogen-bond donors (Lipinski definition) is 0. The minimum absolute atomic E-state index is 0.118. The zero-order chi connectivity index (χ0) is 15.4. The van der Waals surface area contributed by atoms with Crippen LogP contribution < -0.4 is 0 Å². The van der Waals surface area contributed by atoms with E-state index in [4.69, 9.17) is 0 Å². The van der Waals surface area contributed by atoms with Gasteiger partial charge in [0.05, 0.1) is 0 Å². The molecule has 1 saturated heterocycles. The number of Topliss-reactive ketones (excluding diaryl/α,β-unsaturated/α-hetero) is 1. The molecule has 1 unspecified atom stereocenters. The highest BCUT2D eigenvalue weighted by molar-refractivity contribution is 5.96. The van der Waals surface area contributed by atoms with Crippen LogP contribution in [0.15, 0.2) is 18.2 Å². The van der Waals surface area contributed by atoms with Crippen molar-refractivity contribution in [2.75, 3.05) is 33.2 Å². The highest BCUT2D eigenvalue weighted by Gasteiger charge is 2.20. The maximum absolute atomic E-state index is 13.1. The zero-order valence-corrected chi connectivity index (χ0v) is 12.6. The third-order valence-corrected chi connectivity index (χ3v) is 4.00. The molecule has 1 aromatic rings. The van der Waals surface area contributed by atoms with Crippen molar-refractivity contribution in [3.63, 3.8) is 0 Å². The maximum Gasteiger partial charge on any atom is 0.164 e. The van der Waals surface area contributed by atoms with E-state index < -0.39 is 11.6 Å². The molecule has 116 valence electrons. The monoisotopic (exact) mass is 296 g/mol. The molecule has 0 amide bonds. The van der Waals surface area contributed by atoms with E-state index in [9.17, 15) is 13.6 Å². The second-order valence-electron chi connectivity index (χ2n) is 5.83. The quantitative estimate of drug-likeness (QED) is 0.798. The van der Waals surface area contributed by atoms with E-state index in [1.165, 1.54) is 0 Å². The number of carbonyl (C=O) groups excluding carboxylic acids is 1. The summed E-state index contributed by atoms with van der Waals surface area (Å²) in [5, 5.41) is 0. The molecule has 0 N–H and O–H groups in total. The van der Waals surface area contributed by atoms with Crippen molar-refractivity contribution in [2.45, 2.75) is 25.8 Å². The smallest absolute Gasteiger partial charge is 0.164 e. The third-order valence-electron chi connectivity index (χ3n) is 4.00. The molecule has 5 heteroatoms. The summed E-state index contributed by atoms with van der Waals surface area (Å²) in [5.41, 5.74) is 0.118. The molecule has 0 aliphatic carbocycles. The van der Waals surface area contributed by atoms with Gasteiger partial charge in [0, 0.05) is 37.2 Å². The molecule has 3 nitrogen and oxygen atoms in total. The van der Waals surface area contributed by atoms with Gasteiger partial charge in [-0.05, 0) is 45.6 Å². The topological polar surface area (TPSA) is 23.6 Å². The lowest BCUT2D eigenvalue weighted by atomic mass is 10.1. The van der Waals surface area contributed by atoms with Crippen molar-refractivity contribution < 1.29 is 13.6 Å². The van der Waals surface area contributed by atoms with E-state index in [-0.39, 0.29) is 17.8 Å². The second-order valence-corrected chi connectivity index (χ2v) is 5.83. The van der Waals surface area contributed by atoms with Crippen LogP contribution in [0.5, 0.6) is 0 Å². The summed E-state index contributed by atoms with van der Waals surface area (Å²) in [5.74, 6) is -1.62. The Bertz CT molecular complexity index is 487. The third kappa shape index (κ3) is 4.58. The van der Waals surface area contributed by atoms with Crippen molar-refractivity contribution in [1.82, 2.24) is 9.80 Å². The molecule has 0 spiro atoms. The maximum atomic E-state index is 13.1. The first-order valence-corrected chi connectivity index (χ1v) is 7.37. The molecule has 1 fully saturated rings. The van der Waals surface area contributed by atoms with Gasteiger partial charge in [-0.25, -0.2) is 8.78 Å². The summed E-state index contributed by atoms with van der Waals surface area (Å²) in [4.78, 5) is 16.6. The zero-order valence-electron chi connectivity index (χ0n) is 12.6. The highest BCUT2D eigenvalue weighted by atomic mass is 19.1. The Balaban J connectivity index is 1.94. The molecule has 1 heterocycles. The number of benzene rings is 1. The van der Waals surface area contributed by atoms with Crippen LogP contribution in [0.25, 0.3) is 0 Å². The Hall–Kier alpha value is -1.33. The Morgan fingerprint density at radius 2 is 1.90 bits per heavy atom. The van der Waals surface area contributed by atoms with Crippen molar-refractivity contribution in [1.29, 1.82) is 0 Å². The minimum atomic E-state index is -0.705. The van der Waals surface area contributed by atoms with Gasteiger partial charge >= 0.3 is 0 Å². The van der Waals surface area contributed by atoms with E-state index in [0.29, 0.717) is 12.6 Å². The van der Waals surface area contributed by atoms with Gasteiger partial charge in [-0.1, -0.05) is 0 Å². The normalized spacial score (nSPS) is 21.2. The number of hydrogen-bond acceptors (Lipinski definition) is 3. The van der Waals surface area contributed by atoms with E-state index in [0.717, 1.165) is 44.3 Å². The number of ketones is 1. The van der Waals surface area contributed by atoms with Crippen LogP contribution in [0.2, 0.25) is 0 Å². The largest absolute Gasteiger partial charge is 0.305 e. The van der Waals surface area contributed by atoms with Crippen LogP contribution in [0, 0.1) is 11.6 Å². The van der Waals surface area contributed by atoms with E-state index in [2.05, 4.69) is 23.8 Å². The Morgan fingerprint density at radius 3 is 2.57 bits per heavy atom. The predicted octanol–water partition coefficient (Wildman–Crippen LogP) is 2.56. The first-order valence-electron chi connectivity index (χ1n) is 7.37. The number of nitrogens with zero attached hydrogens (tertiary/aromatic N) is 2. The summed E-state index contributed by atoms with van der Waals surface area (Å²) >= 11 is 0. The summed E-state index contributed by atoms with van der Waals surface area (Å²) in [7, 11) is 2.10. The number of likely N-dealkylation sites (N-methyl/N-ethyl adjacent to an activating group) is 1. The lowest BCUT2D eigenvalue weighted by Crippen LogP contribution is -2.39. The first kappa shape index (κ1) is 16.0. The molecule has 0 bridgehead atoms. The van der Waals surface area contributed by atoms with Crippen molar-refractivity contribution >= 4 is 5.78 Å². The average Bonchev–Trinajstić information content (AvgIpc) is 2.55. The first-order chi connectivity index (χ1) is 9.95. The molecule has 0 aromatic heterocycles.